The Morgan fingerprint density at radius 1 is 1.14 bits per heavy atom. The molecule has 0 bridgehead atoms. The van der Waals surface area contributed by atoms with Gasteiger partial charge in [0.15, 0.2) is 5.16 Å². The molecule has 2 aliphatic rings. The van der Waals surface area contributed by atoms with Gasteiger partial charge in [-0.05, 0) is 44.6 Å². The molecule has 0 atom stereocenters. The molecule has 4 rings (SSSR count). The topological polar surface area (TPSA) is 55.2 Å². The van der Waals surface area contributed by atoms with E-state index in [0.29, 0.717) is 11.7 Å². The first-order valence-corrected chi connectivity index (χ1v) is 14.2. The van der Waals surface area contributed by atoms with Crippen molar-refractivity contribution in [3.8, 4) is 11.3 Å². The van der Waals surface area contributed by atoms with Crippen LogP contribution in [0.1, 0.15) is 76.8 Å². The first kappa shape index (κ1) is 25.7. The van der Waals surface area contributed by atoms with Gasteiger partial charge in [0, 0.05) is 30.6 Å². The van der Waals surface area contributed by atoms with Crippen molar-refractivity contribution >= 4 is 17.7 Å². The molecule has 0 aliphatic heterocycles. The highest BCUT2D eigenvalue weighted by atomic mass is 32.2. The van der Waals surface area contributed by atoms with Crippen LogP contribution in [0.15, 0.2) is 46.4 Å². The predicted molar refractivity (Wildman–Crippen MR) is 145 cm³/mol. The van der Waals surface area contributed by atoms with Gasteiger partial charge in [0.05, 0.1) is 17.0 Å². The number of fused-ring (bicyclic) bond motifs is 4. The summed E-state index contributed by atoms with van der Waals surface area (Å²) in [4.78, 5) is 34.3. The van der Waals surface area contributed by atoms with E-state index in [1.165, 1.54) is 23.7 Å². The molecule has 1 heterocycles. The molecule has 2 aliphatic carbocycles. The van der Waals surface area contributed by atoms with Crippen molar-refractivity contribution in [1.82, 2.24) is 14.5 Å². The van der Waals surface area contributed by atoms with Gasteiger partial charge in [-0.15, -0.1) is 0 Å². The van der Waals surface area contributed by atoms with E-state index in [4.69, 9.17) is 4.98 Å². The number of carbonyl (C=O) groups is 1. The lowest BCUT2D eigenvalue weighted by Crippen LogP contribution is -2.43. The van der Waals surface area contributed by atoms with Crippen molar-refractivity contribution in [3.05, 3.63) is 57.9 Å². The van der Waals surface area contributed by atoms with E-state index in [1.54, 1.807) is 4.57 Å². The Hall–Kier alpha value is -2.34. The fourth-order valence-corrected chi connectivity index (χ4v) is 6.75. The molecule has 35 heavy (non-hydrogen) atoms. The SMILES string of the molecule is C=C(C)Cn1c(SCC(=O)N(CCC)CCC)nc2c(c1=O)C1(CCCCC1)Cc1ccccc1-2. The zero-order chi connectivity index (χ0) is 25.0. The lowest BCUT2D eigenvalue weighted by Gasteiger charge is -2.42. The highest BCUT2D eigenvalue weighted by molar-refractivity contribution is 7.99. The van der Waals surface area contributed by atoms with Gasteiger partial charge in [0.2, 0.25) is 5.91 Å². The van der Waals surface area contributed by atoms with Crippen LogP contribution in [0.25, 0.3) is 11.3 Å². The molecule has 1 aromatic heterocycles. The van der Waals surface area contributed by atoms with Crippen LogP contribution in [0.5, 0.6) is 0 Å². The van der Waals surface area contributed by atoms with Crippen LogP contribution in [-0.2, 0) is 23.2 Å². The molecule has 1 spiro atoms. The largest absolute Gasteiger partial charge is 0.342 e. The van der Waals surface area contributed by atoms with Crippen molar-refractivity contribution in [2.45, 2.75) is 89.3 Å². The van der Waals surface area contributed by atoms with Gasteiger partial charge in [-0.3, -0.25) is 14.2 Å². The number of hydrogen-bond acceptors (Lipinski definition) is 4. The summed E-state index contributed by atoms with van der Waals surface area (Å²) in [6, 6.07) is 8.42. The van der Waals surface area contributed by atoms with Crippen molar-refractivity contribution in [3.63, 3.8) is 0 Å². The summed E-state index contributed by atoms with van der Waals surface area (Å²) in [6.45, 7) is 12.2. The summed E-state index contributed by atoms with van der Waals surface area (Å²) < 4.78 is 1.79. The first-order valence-electron chi connectivity index (χ1n) is 13.2. The molecular formula is C29H39N3O2S. The monoisotopic (exact) mass is 493 g/mol. The van der Waals surface area contributed by atoms with E-state index in [2.05, 4.69) is 38.6 Å². The van der Waals surface area contributed by atoms with Crippen LogP contribution in [0, 0.1) is 0 Å². The lowest BCUT2D eigenvalue weighted by molar-refractivity contribution is -0.128. The van der Waals surface area contributed by atoms with E-state index < -0.39 is 0 Å². The van der Waals surface area contributed by atoms with Crippen LogP contribution in [-0.4, -0.2) is 39.2 Å². The van der Waals surface area contributed by atoms with E-state index >= 15 is 0 Å². The van der Waals surface area contributed by atoms with Crippen LogP contribution < -0.4 is 5.56 Å². The average Bonchev–Trinajstić information content (AvgIpc) is 2.84. The maximum absolute atomic E-state index is 14.2. The highest BCUT2D eigenvalue weighted by Crippen LogP contribution is 2.48. The van der Waals surface area contributed by atoms with Gasteiger partial charge in [-0.25, -0.2) is 4.98 Å². The van der Waals surface area contributed by atoms with E-state index in [0.717, 1.165) is 80.4 Å². The Balaban J connectivity index is 1.80. The van der Waals surface area contributed by atoms with Crippen molar-refractivity contribution in [2.75, 3.05) is 18.8 Å². The number of amides is 1. The summed E-state index contributed by atoms with van der Waals surface area (Å²) in [5.41, 5.74) is 4.93. The Bertz CT molecular complexity index is 1140. The average molecular weight is 494 g/mol. The molecule has 0 N–H and O–H groups in total. The number of carbonyl (C=O) groups excluding carboxylic acids is 1. The van der Waals surface area contributed by atoms with Crippen LogP contribution >= 0.6 is 11.8 Å². The number of allylic oxidation sites excluding steroid dienone is 1. The van der Waals surface area contributed by atoms with E-state index in [-0.39, 0.29) is 22.6 Å². The van der Waals surface area contributed by atoms with Gasteiger partial charge in [0.25, 0.3) is 5.56 Å². The van der Waals surface area contributed by atoms with Crippen molar-refractivity contribution in [2.24, 2.45) is 0 Å². The molecule has 188 valence electrons. The van der Waals surface area contributed by atoms with E-state index in [1.807, 2.05) is 17.9 Å². The number of benzene rings is 1. The summed E-state index contributed by atoms with van der Waals surface area (Å²) in [5, 5.41) is 0.626. The first-order chi connectivity index (χ1) is 16.9. The van der Waals surface area contributed by atoms with Gasteiger partial charge >= 0.3 is 0 Å². The fourth-order valence-electron chi connectivity index (χ4n) is 5.86. The lowest BCUT2D eigenvalue weighted by atomic mass is 9.62. The highest BCUT2D eigenvalue weighted by Gasteiger charge is 2.43. The number of rotatable bonds is 9. The Labute approximate surface area is 214 Å². The second-order valence-electron chi connectivity index (χ2n) is 10.3. The normalized spacial score (nSPS) is 16.0. The van der Waals surface area contributed by atoms with Gasteiger partial charge in [-0.1, -0.05) is 81.3 Å². The molecular weight excluding hydrogens is 454 g/mol. The summed E-state index contributed by atoms with van der Waals surface area (Å²) >= 11 is 1.39. The second-order valence-corrected chi connectivity index (χ2v) is 11.3. The van der Waals surface area contributed by atoms with E-state index in [9.17, 15) is 9.59 Å². The molecule has 1 aromatic carbocycles. The zero-order valence-corrected chi connectivity index (χ0v) is 22.4. The molecule has 0 saturated heterocycles. The molecule has 2 aromatic rings. The smallest absolute Gasteiger partial charge is 0.258 e. The molecule has 0 unspecified atom stereocenters. The number of aromatic nitrogens is 2. The Morgan fingerprint density at radius 2 is 1.83 bits per heavy atom. The van der Waals surface area contributed by atoms with Gasteiger partial charge in [0.1, 0.15) is 0 Å². The zero-order valence-electron chi connectivity index (χ0n) is 21.6. The molecule has 1 fully saturated rings. The minimum absolute atomic E-state index is 0.0586. The summed E-state index contributed by atoms with van der Waals surface area (Å²) in [6.07, 6.45) is 8.38. The molecule has 5 nitrogen and oxygen atoms in total. The maximum atomic E-state index is 14.2. The number of hydrogen-bond donors (Lipinski definition) is 0. The van der Waals surface area contributed by atoms with Crippen molar-refractivity contribution < 1.29 is 4.79 Å². The maximum Gasteiger partial charge on any atom is 0.258 e. The summed E-state index contributed by atoms with van der Waals surface area (Å²) in [5.74, 6) is 0.394. The second kappa shape index (κ2) is 11.2. The minimum atomic E-state index is -0.138. The molecule has 0 radical (unpaired) electrons. The number of nitrogens with zero attached hydrogens (tertiary/aromatic N) is 3. The van der Waals surface area contributed by atoms with Gasteiger partial charge < -0.3 is 4.90 Å². The number of thioether (sulfide) groups is 1. The van der Waals surface area contributed by atoms with Crippen LogP contribution in [0.4, 0.5) is 0 Å². The third kappa shape index (κ3) is 5.28. The quantitative estimate of drug-likeness (QED) is 0.245. The Kier molecular flexibility index (Phi) is 8.20. The summed E-state index contributed by atoms with van der Waals surface area (Å²) in [7, 11) is 0. The minimum Gasteiger partial charge on any atom is -0.342 e. The van der Waals surface area contributed by atoms with Crippen LogP contribution in [0.2, 0.25) is 0 Å². The van der Waals surface area contributed by atoms with Crippen LogP contribution in [0.3, 0.4) is 0 Å². The third-order valence-electron chi connectivity index (χ3n) is 7.37. The predicted octanol–water partition coefficient (Wildman–Crippen LogP) is 5.99. The Morgan fingerprint density at radius 3 is 2.49 bits per heavy atom. The standard InChI is InChI=1S/C29H39N3O2S/c1-5-16-31(17-6-2)24(33)20-35-28-30-26-23-13-9-8-12-22(23)18-29(14-10-7-11-15-29)25(26)27(34)32(28)19-21(3)4/h8-9,12-13H,3,5-7,10-11,14-20H2,1-2,4H3. The van der Waals surface area contributed by atoms with Crippen molar-refractivity contribution in [1.29, 1.82) is 0 Å². The molecule has 6 heteroatoms. The third-order valence-corrected chi connectivity index (χ3v) is 8.33. The molecule has 1 saturated carbocycles. The molecule has 1 amide bonds. The fraction of sp³-hybridized carbons (Fsp3) is 0.552. The van der Waals surface area contributed by atoms with Gasteiger partial charge in [-0.2, -0.15) is 0 Å².